The van der Waals surface area contributed by atoms with Gasteiger partial charge in [-0.25, -0.2) is 0 Å². The molecule has 148 valence electrons. The molecule has 0 radical (unpaired) electrons. The van der Waals surface area contributed by atoms with Crippen LogP contribution in [0.4, 0.5) is 0 Å². The lowest BCUT2D eigenvalue weighted by Crippen LogP contribution is -2.21. The SMILES string of the molecule is CCCCC(O)CC=CCCCCCCCCC(=O)OCC(O)CO. The summed E-state index contributed by atoms with van der Waals surface area (Å²) in [7, 11) is 0. The first-order valence-corrected chi connectivity index (χ1v) is 9.87. The maximum absolute atomic E-state index is 11.4. The monoisotopic (exact) mass is 358 g/mol. The van der Waals surface area contributed by atoms with E-state index in [1.165, 1.54) is 19.3 Å². The molecule has 0 aromatic rings. The van der Waals surface area contributed by atoms with Gasteiger partial charge in [0.1, 0.15) is 12.7 Å². The van der Waals surface area contributed by atoms with Gasteiger partial charge in [0.05, 0.1) is 12.7 Å². The summed E-state index contributed by atoms with van der Waals surface area (Å²) in [5.41, 5.74) is 0. The van der Waals surface area contributed by atoms with Gasteiger partial charge in [-0.3, -0.25) is 4.79 Å². The Morgan fingerprint density at radius 1 is 0.960 bits per heavy atom. The number of aliphatic hydroxyl groups is 3. The third-order valence-corrected chi connectivity index (χ3v) is 4.11. The van der Waals surface area contributed by atoms with Gasteiger partial charge >= 0.3 is 5.97 Å². The molecule has 5 heteroatoms. The Morgan fingerprint density at radius 2 is 1.64 bits per heavy atom. The van der Waals surface area contributed by atoms with Crippen molar-refractivity contribution in [1.82, 2.24) is 0 Å². The van der Waals surface area contributed by atoms with Gasteiger partial charge in [-0.05, 0) is 32.1 Å². The van der Waals surface area contributed by atoms with Crippen molar-refractivity contribution in [2.75, 3.05) is 13.2 Å². The molecule has 0 aromatic carbocycles. The van der Waals surface area contributed by atoms with Crippen LogP contribution in [-0.2, 0) is 9.53 Å². The molecule has 0 amide bonds. The van der Waals surface area contributed by atoms with E-state index in [1.807, 2.05) is 0 Å². The Labute approximate surface area is 153 Å². The number of ether oxygens (including phenoxy) is 1. The van der Waals surface area contributed by atoms with Crippen LogP contribution in [0.5, 0.6) is 0 Å². The molecule has 5 nitrogen and oxygen atoms in total. The molecule has 0 aliphatic carbocycles. The van der Waals surface area contributed by atoms with Crippen molar-refractivity contribution in [3.05, 3.63) is 12.2 Å². The zero-order chi connectivity index (χ0) is 18.8. The lowest BCUT2D eigenvalue weighted by Gasteiger charge is -2.08. The fourth-order valence-corrected chi connectivity index (χ4v) is 2.48. The summed E-state index contributed by atoms with van der Waals surface area (Å²) in [5, 5.41) is 27.4. The third kappa shape index (κ3) is 17.7. The minimum atomic E-state index is -0.974. The molecule has 25 heavy (non-hydrogen) atoms. The van der Waals surface area contributed by atoms with Gasteiger partial charge in [0, 0.05) is 6.42 Å². The molecule has 0 bridgehead atoms. The first kappa shape index (κ1) is 24.1. The Balaban J connectivity index is 3.32. The second-order valence-corrected chi connectivity index (χ2v) is 6.68. The van der Waals surface area contributed by atoms with E-state index in [-0.39, 0.29) is 25.3 Å². The Hall–Kier alpha value is -0.910. The minimum Gasteiger partial charge on any atom is -0.463 e. The molecule has 0 saturated heterocycles. The average Bonchev–Trinajstić information content (AvgIpc) is 2.62. The first-order valence-electron chi connectivity index (χ1n) is 9.87. The number of hydrogen-bond acceptors (Lipinski definition) is 5. The fourth-order valence-electron chi connectivity index (χ4n) is 2.48. The Morgan fingerprint density at radius 3 is 2.32 bits per heavy atom. The molecule has 0 aliphatic heterocycles. The van der Waals surface area contributed by atoms with Gasteiger partial charge in [0.2, 0.25) is 0 Å². The van der Waals surface area contributed by atoms with Gasteiger partial charge in [-0.1, -0.05) is 57.6 Å². The van der Waals surface area contributed by atoms with Crippen LogP contribution in [0.3, 0.4) is 0 Å². The zero-order valence-corrected chi connectivity index (χ0v) is 15.9. The van der Waals surface area contributed by atoms with E-state index in [1.54, 1.807) is 0 Å². The van der Waals surface area contributed by atoms with Gasteiger partial charge in [-0.2, -0.15) is 0 Å². The van der Waals surface area contributed by atoms with Crippen molar-refractivity contribution in [3.63, 3.8) is 0 Å². The quantitative estimate of drug-likeness (QED) is 0.210. The highest BCUT2D eigenvalue weighted by molar-refractivity contribution is 5.69. The maximum atomic E-state index is 11.4. The van der Waals surface area contributed by atoms with E-state index >= 15 is 0 Å². The molecule has 0 fully saturated rings. The molecule has 0 spiro atoms. The molecule has 2 unspecified atom stereocenters. The van der Waals surface area contributed by atoms with Gasteiger partial charge in [0.15, 0.2) is 0 Å². The standard InChI is InChI=1S/C20H38O5/c1-2-3-13-18(22)14-11-9-7-5-4-6-8-10-12-15-20(24)25-17-19(23)16-21/h9,11,18-19,21-23H,2-8,10,12-17H2,1H3. The summed E-state index contributed by atoms with van der Waals surface area (Å²) < 4.78 is 4.84. The number of aliphatic hydroxyl groups excluding tert-OH is 3. The summed E-state index contributed by atoms with van der Waals surface area (Å²) >= 11 is 0. The second kappa shape index (κ2) is 17.9. The number of carbonyl (C=O) groups is 1. The van der Waals surface area contributed by atoms with Gasteiger partial charge < -0.3 is 20.1 Å². The van der Waals surface area contributed by atoms with Crippen molar-refractivity contribution in [1.29, 1.82) is 0 Å². The summed E-state index contributed by atoms with van der Waals surface area (Å²) in [5.74, 6) is -0.307. The molecule has 0 rings (SSSR count). The third-order valence-electron chi connectivity index (χ3n) is 4.11. The Bertz CT molecular complexity index is 330. The van der Waals surface area contributed by atoms with E-state index in [2.05, 4.69) is 19.1 Å². The van der Waals surface area contributed by atoms with Crippen LogP contribution < -0.4 is 0 Å². The topological polar surface area (TPSA) is 87.0 Å². The lowest BCUT2D eigenvalue weighted by atomic mass is 10.1. The molecular formula is C20H38O5. The fraction of sp³-hybridized carbons (Fsp3) is 0.850. The predicted molar refractivity (Wildman–Crippen MR) is 100 cm³/mol. The summed E-state index contributed by atoms with van der Waals surface area (Å²) in [4.78, 5) is 11.4. The number of esters is 1. The summed E-state index contributed by atoms with van der Waals surface area (Å²) in [6, 6.07) is 0. The highest BCUT2D eigenvalue weighted by Gasteiger charge is 2.07. The number of carbonyl (C=O) groups excluding carboxylic acids is 1. The van der Waals surface area contributed by atoms with Crippen LogP contribution in [0.25, 0.3) is 0 Å². The number of allylic oxidation sites excluding steroid dienone is 1. The predicted octanol–water partition coefficient (Wildman–Crippen LogP) is 3.50. The van der Waals surface area contributed by atoms with E-state index in [0.29, 0.717) is 6.42 Å². The van der Waals surface area contributed by atoms with Crippen molar-refractivity contribution in [2.45, 2.75) is 96.2 Å². The lowest BCUT2D eigenvalue weighted by molar-refractivity contribution is -0.147. The zero-order valence-electron chi connectivity index (χ0n) is 15.9. The largest absolute Gasteiger partial charge is 0.463 e. The Kier molecular flexibility index (Phi) is 17.2. The summed E-state index contributed by atoms with van der Waals surface area (Å²) in [6.45, 7) is 1.62. The average molecular weight is 359 g/mol. The highest BCUT2D eigenvalue weighted by Crippen LogP contribution is 2.10. The van der Waals surface area contributed by atoms with Gasteiger partial charge in [0.25, 0.3) is 0 Å². The van der Waals surface area contributed by atoms with Crippen LogP contribution in [-0.4, -0.2) is 46.7 Å². The van der Waals surface area contributed by atoms with Crippen molar-refractivity contribution >= 4 is 5.97 Å². The van der Waals surface area contributed by atoms with Crippen molar-refractivity contribution in [2.24, 2.45) is 0 Å². The first-order chi connectivity index (χ1) is 12.1. The smallest absolute Gasteiger partial charge is 0.305 e. The maximum Gasteiger partial charge on any atom is 0.305 e. The molecule has 2 atom stereocenters. The second-order valence-electron chi connectivity index (χ2n) is 6.68. The molecule has 0 aromatic heterocycles. The van der Waals surface area contributed by atoms with Crippen LogP contribution in [0.2, 0.25) is 0 Å². The minimum absolute atomic E-state index is 0.127. The molecule has 3 N–H and O–H groups in total. The van der Waals surface area contributed by atoms with Crippen LogP contribution >= 0.6 is 0 Å². The molecule has 0 heterocycles. The van der Waals surface area contributed by atoms with E-state index in [0.717, 1.165) is 51.4 Å². The molecule has 0 aliphatic rings. The van der Waals surface area contributed by atoms with E-state index in [4.69, 9.17) is 14.9 Å². The van der Waals surface area contributed by atoms with Gasteiger partial charge in [-0.15, -0.1) is 0 Å². The van der Waals surface area contributed by atoms with Crippen LogP contribution in [0, 0.1) is 0 Å². The molecule has 0 saturated carbocycles. The molecular weight excluding hydrogens is 320 g/mol. The number of rotatable bonds is 17. The van der Waals surface area contributed by atoms with Crippen molar-refractivity contribution < 1.29 is 24.9 Å². The van der Waals surface area contributed by atoms with E-state index in [9.17, 15) is 9.90 Å². The van der Waals surface area contributed by atoms with E-state index < -0.39 is 6.10 Å². The summed E-state index contributed by atoms with van der Waals surface area (Å²) in [6.07, 6.45) is 14.9. The van der Waals surface area contributed by atoms with Crippen LogP contribution in [0.15, 0.2) is 12.2 Å². The number of unbranched alkanes of at least 4 members (excludes halogenated alkanes) is 7. The number of hydrogen-bond donors (Lipinski definition) is 3. The van der Waals surface area contributed by atoms with Crippen LogP contribution in [0.1, 0.15) is 84.0 Å². The van der Waals surface area contributed by atoms with Crippen molar-refractivity contribution in [3.8, 4) is 0 Å². The normalized spacial score (nSPS) is 13.9. The highest BCUT2D eigenvalue weighted by atomic mass is 16.5.